The second kappa shape index (κ2) is 10.1. The maximum absolute atomic E-state index is 13.3. The molecule has 0 aliphatic carbocycles. The molecule has 36 heavy (non-hydrogen) atoms. The van der Waals surface area contributed by atoms with E-state index in [2.05, 4.69) is 16.4 Å². The number of nitrogens with zero attached hydrogens (tertiary/aromatic N) is 1. The molecule has 2 unspecified atom stereocenters. The van der Waals surface area contributed by atoms with E-state index in [9.17, 15) is 19.8 Å². The molecule has 8 heteroatoms. The molecular weight excluding hydrogens is 460 g/mol. The topological polar surface area (TPSA) is 132 Å². The lowest BCUT2D eigenvalue weighted by Crippen LogP contribution is -2.46. The Morgan fingerprint density at radius 2 is 1.83 bits per heavy atom. The van der Waals surface area contributed by atoms with Crippen LogP contribution in [0.15, 0.2) is 34.3 Å². The lowest BCUT2D eigenvalue weighted by molar-refractivity contribution is -0.155. The Bertz CT molecular complexity index is 1170. The van der Waals surface area contributed by atoms with Crippen molar-refractivity contribution in [3.63, 3.8) is 0 Å². The molecule has 3 heterocycles. The van der Waals surface area contributed by atoms with Gasteiger partial charge in [-0.05, 0) is 37.0 Å². The first-order chi connectivity index (χ1) is 16.9. The van der Waals surface area contributed by atoms with Gasteiger partial charge in [0.1, 0.15) is 17.4 Å². The second-order valence-corrected chi connectivity index (χ2v) is 11.2. The number of rotatable bonds is 1. The Morgan fingerprint density at radius 1 is 1.11 bits per heavy atom. The smallest absolute Gasteiger partial charge is 0.309 e. The third-order valence-electron chi connectivity index (χ3n) is 7.98. The van der Waals surface area contributed by atoms with E-state index in [1.54, 1.807) is 27.7 Å². The number of aliphatic hydroxyl groups is 2. The third-order valence-corrected chi connectivity index (χ3v) is 7.98. The molecule has 2 aromatic rings. The number of ether oxygens (including phenoxy) is 1. The van der Waals surface area contributed by atoms with E-state index in [1.165, 1.54) is 0 Å². The average Bonchev–Trinajstić information content (AvgIpc) is 3.48. The fourth-order valence-electron chi connectivity index (χ4n) is 5.34. The van der Waals surface area contributed by atoms with Crippen LogP contribution in [-0.4, -0.2) is 51.2 Å². The Balaban J connectivity index is 1.64. The van der Waals surface area contributed by atoms with Gasteiger partial charge in [-0.3, -0.25) is 9.59 Å². The molecule has 3 N–H and O–H groups in total. The zero-order valence-corrected chi connectivity index (χ0v) is 21.9. The maximum atomic E-state index is 13.3. The molecule has 196 valence electrons. The van der Waals surface area contributed by atoms with E-state index >= 15 is 0 Å². The van der Waals surface area contributed by atoms with Gasteiger partial charge in [-0.25, -0.2) is 4.98 Å². The van der Waals surface area contributed by atoms with Gasteiger partial charge in [0, 0.05) is 31.3 Å². The zero-order chi connectivity index (χ0) is 26.4. The summed E-state index contributed by atoms with van der Waals surface area (Å²) < 4.78 is 11.4. The SMILES string of the molecule is C/C1=C/C[C@@H](c2ccc3oc(C)nc3c2)OC(=O)C[C@H](O)C(C)(C)C(=O)[C@H](C)[C@@H](O)[C@@H](C)C2NC2C1. The van der Waals surface area contributed by atoms with Crippen LogP contribution in [0, 0.1) is 24.2 Å². The van der Waals surface area contributed by atoms with Crippen LogP contribution < -0.4 is 5.32 Å². The molecule has 7 atom stereocenters. The molecule has 0 radical (unpaired) electrons. The van der Waals surface area contributed by atoms with Crippen molar-refractivity contribution in [2.24, 2.45) is 17.3 Å². The highest BCUT2D eigenvalue weighted by atomic mass is 16.5. The average molecular weight is 499 g/mol. The molecule has 0 spiro atoms. The van der Waals surface area contributed by atoms with Gasteiger partial charge in [0.05, 0.1) is 24.0 Å². The van der Waals surface area contributed by atoms with E-state index < -0.39 is 35.6 Å². The van der Waals surface area contributed by atoms with E-state index in [1.807, 2.05) is 32.0 Å². The summed E-state index contributed by atoms with van der Waals surface area (Å²) in [5.74, 6) is -1.11. The minimum Gasteiger partial charge on any atom is -0.457 e. The van der Waals surface area contributed by atoms with Gasteiger partial charge in [-0.1, -0.05) is 45.4 Å². The summed E-state index contributed by atoms with van der Waals surface area (Å²) in [5, 5.41) is 25.3. The van der Waals surface area contributed by atoms with Gasteiger partial charge in [0.15, 0.2) is 11.5 Å². The van der Waals surface area contributed by atoms with Crippen molar-refractivity contribution in [2.75, 3.05) is 0 Å². The number of carbonyl (C=O) groups is 2. The number of aliphatic hydroxyl groups excluding tert-OH is 2. The van der Waals surface area contributed by atoms with Crippen molar-refractivity contribution >= 4 is 22.9 Å². The lowest BCUT2D eigenvalue weighted by Gasteiger charge is -2.34. The Morgan fingerprint density at radius 3 is 2.56 bits per heavy atom. The highest BCUT2D eigenvalue weighted by Gasteiger charge is 2.47. The first-order valence-electron chi connectivity index (χ1n) is 12.8. The van der Waals surface area contributed by atoms with Crippen LogP contribution >= 0.6 is 0 Å². The molecule has 8 nitrogen and oxygen atoms in total. The van der Waals surface area contributed by atoms with Crippen LogP contribution in [0.4, 0.5) is 0 Å². The number of cyclic esters (lactones) is 1. The van der Waals surface area contributed by atoms with Gasteiger partial charge < -0.3 is 24.7 Å². The normalized spacial score (nSPS) is 35.6. The molecule has 0 amide bonds. The number of nitrogens with one attached hydrogen (secondary N) is 1. The molecule has 1 aromatic carbocycles. The number of Topliss-reactive ketones (excluding diaryl/α,β-unsaturated/α-hetero) is 1. The first-order valence-corrected chi connectivity index (χ1v) is 12.8. The van der Waals surface area contributed by atoms with E-state index in [0.29, 0.717) is 23.4 Å². The highest BCUT2D eigenvalue weighted by Crippen LogP contribution is 2.36. The second-order valence-electron chi connectivity index (χ2n) is 11.2. The van der Waals surface area contributed by atoms with E-state index in [0.717, 1.165) is 17.6 Å². The molecule has 2 aliphatic rings. The van der Waals surface area contributed by atoms with Gasteiger partial charge in [-0.15, -0.1) is 0 Å². The van der Waals surface area contributed by atoms with Crippen molar-refractivity contribution < 1.29 is 29.0 Å². The molecule has 0 bridgehead atoms. The summed E-state index contributed by atoms with van der Waals surface area (Å²) in [6, 6.07) is 5.87. The lowest BCUT2D eigenvalue weighted by atomic mass is 9.73. The predicted molar refractivity (Wildman–Crippen MR) is 135 cm³/mol. The van der Waals surface area contributed by atoms with Crippen molar-refractivity contribution in [1.29, 1.82) is 0 Å². The van der Waals surface area contributed by atoms with Gasteiger partial charge >= 0.3 is 5.97 Å². The summed E-state index contributed by atoms with van der Waals surface area (Å²) in [6.45, 7) is 10.7. The number of carbonyl (C=O) groups excluding carboxylic acids is 2. The van der Waals surface area contributed by atoms with Gasteiger partial charge in [-0.2, -0.15) is 0 Å². The van der Waals surface area contributed by atoms with Crippen LogP contribution in [0.5, 0.6) is 0 Å². The number of aryl methyl sites for hydroxylation is 1. The van der Waals surface area contributed by atoms with Gasteiger partial charge in [0.25, 0.3) is 0 Å². The zero-order valence-electron chi connectivity index (χ0n) is 21.9. The number of hydrogen-bond donors (Lipinski definition) is 3. The van der Waals surface area contributed by atoms with Crippen LogP contribution in [-0.2, 0) is 14.3 Å². The molecule has 1 aromatic heterocycles. The number of aromatic nitrogens is 1. The van der Waals surface area contributed by atoms with Crippen molar-refractivity contribution in [2.45, 2.75) is 91.2 Å². The largest absolute Gasteiger partial charge is 0.457 e. The summed E-state index contributed by atoms with van der Waals surface area (Å²) in [6.07, 6.45) is 0.341. The van der Waals surface area contributed by atoms with Crippen LogP contribution in [0.25, 0.3) is 11.1 Å². The fraction of sp³-hybridized carbons (Fsp3) is 0.607. The highest BCUT2D eigenvalue weighted by molar-refractivity contribution is 5.88. The number of hydrogen-bond acceptors (Lipinski definition) is 8. The molecule has 0 saturated carbocycles. The number of ketones is 1. The summed E-state index contributed by atoms with van der Waals surface area (Å²) >= 11 is 0. The predicted octanol–water partition coefficient (Wildman–Crippen LogP) is 3.78. The number of benzene rings is 1. The molecule has 4 rings (SSSR count). The molecule has 1 saturated heterocycles. The number of esters is 1. The summed E-state index contributed by atoms with van der Waals surface area (Å²) in [5.41, 5.74) is 2.05. The van der Waals surface area contributed by atoms with E-state index in [4.69, 9.17) is 9.15 Å². The third kappa shape index (κ3) is 5.41. The number of oxazole rings is 1. The molecule has 2 aliphatic heterocycles. The minimum atomic E-state index is -1.25. The van der Waals surface area contributed by atoms with Crippen molar-refractivity contribution in [3.05, 3.63) is 41.3 Å². The van der Waals surface area contributed by atoms with E-state index in [-0.39, 0.29) is 30.2 Å². The van der Waals surface area contributed by atoms with Gasteiger partial charge in [0.2, 0.25) is 0 Å². The minimum absolute atomic E-state index is 0.117. The molecule has 1 fully saturated rings. The fourth-order valence-corrected chi connectivity index (χ4v) is 5.34. The quantitative estimate of drug-likeness (QED) is 0.307. The Hall–Kier alpha value is -2.55. The summed E-state index contributed by atoms with van der Waals surface area (Å²) in [7, 11) is 0. The van der Waals surface area contributed by atoms with Crippen LogP contribution in [0.1, 0.15) is 71.4 Å². The van der Waals surface area contributed by atoms with Crippen molar-refractivity contribution in [3.8, 4) is 0 Å². The summed E-state index contributed by atoms with van der Waals surface area (Å²) in [4.78, 5) is 30.7. The van der Waals surface area contributed by atoms with Crippen LogP contribution in [0.2, 0.25) is 0 Å². The van der Waals surface area contributed by atoms with Crippen LogP contribution in [0.3, 0.4) is 0 Å². The van der Waals surface area contributed by atoms with Crippen molar-refractivity contribution in [1.82, 2.24) is 10.3 Å². The standard InChI is InChI=1S/C28H38N2O6/c1-14-7-9-21(18-8-10-22-19(12-18)29-17(4)35-22)36-24(32)13-23(31)28(5,6)27(34)16(3)26(33)15(2)25-20(11-14)30-25/h7-8,10,12,15-16,20-21,23,25-26,30-31,33H,9,11,13H2,1-6H3/b14-7-/t15-,16+,20?,21-,23-,25?,26-/m0/s1. The Kier molecular flexibility index (Phi) is 7.42. The monoisotopic (exact) mass is 498 g/mol. The molecular formula is C28H38N2O6. The number of fused-ring (bicyclic) bond motifs is 2. The first kappa shape index (κ1) is 26.5. The Labute approximate surface area is 212 Å². The maximum Gasteiger partial charge on any atom is 0.309 e.